The van der Waals surface area contributed by atoms with E-state index in [0.717, 1.165) is 10.6 Å². The lowest BCUT2D eigenvalue weighted by molar-refractivity contribution is 1.66. The second-order valence-corrected chi connectivity index (χ2v) is 3.21. The van der Waals surface area contributed by atoms with Crippen LogP contribution in [-0.2, 0) is 0 Å². The van der Waals surface area contributed by atoms with Crippen molar-refractivity contribution in [3.8, 4) is 0 Å². The molecule has 0 saturated heterocycles. The van der Waals surface area contributed by atoms with Gasteiger partial charge in [0.1, 0.15) is 0 Å². The van der Waals surface area contributed by atoms with Gasteiger partial charge in [0, 0.05) is 5.02 Å². The van der Waals surface area contributed by atoms with Crippen molar-refractivity contribution in [2.45, 2.75) is 0 Å². The molecule has 0 aromatic heterocycles. The molecule has 0 unspecified atom stereocenters. The van der Waals surface area contributed by atoms with E-state index in [4.69, 9.17) is 11.6 Å². The van der Waals surface area contributed by atoms with Gasteiger partial charge in [-0.2, -0.15) is 0 Å². The van der Waals surface area contributed by atoms with E-state index in [1.165, 1.54) is 0 Å². The quantitative estimate of drug-likeness (QED) is 0.676. The SMILES string of the molecule is CS/C=C/c1ccccc1Cl. The van der Waals surface area contributed by atoms with E-state index in [1.54, 1.807) is 11.8 Å². The molecule has 0 N–H and O–H groups in total. The molecule has 0 aliphatic heterocycles. The van der Waals surface area contributed by atoms with Crippen LogP contribution < -0.4 is 0 Å². The van der Waals surface area contributed by atoms with E-state index in [0.29, 0.717) is 0 Å². The number of halogens is 1. The van der Waals surface area contributed by atoms with Crippen molar-refractivity contribution in [3.63, 3.8) is 0 Å². The van der Waals surface area contributed by atoms with Crippen LogP contribution in [0.5, 0.6) is 0 Å². The van der Waals surface area contributed by atoms with E-state index < -0.39 is 0 Å². The van der Waals surface area contributed by atoms with Crippen LogP contribution in [0.3, 0.4) is 0 Å². The maximum Gasteiger partial charge on any atom is 0.0478 e. The largest absolute Gasteiger partial charge is 0.138 e. The molecule has 1 aromatic carbocycles. The maximum atomic E-state index is 5.90. The molecule has 1 aromatic rings. The summed E-state index contributed by atoms with van der Waals surface area (Å²) >= 11 is 7.57. The van der Waals surface area contributed by atoms with Crippen molar-refractivity contribution >= 4 is 29.4 Å². The van der Waals surface area contributed by atoms with Crippen LogP contribution in [0.15, 0.2) is 29.7 Å². The van der Waals surface area contributed by atoms with E-state index in [1.807, 2.05) is 42.0 Å². The molecule has 0 saturated carbocycles. The molecule has 0 atom stereocenters. The van der Waals surface area contributed by atoms with Crippen molar-refractivity contribution in [2.75, 3.05) is 6.26 Å². The Kier molecular flexibility index (Phi) is 3.53. The van der Waals surface area contributed by atoms with Crippen LogP contribution in [0.1, 0.15) is 5.56 Å². The normalized spacial score (nSPS) is 10.7. The van der Waals surface area contributed by atoms with Gasteiger partial charge in [0.25, 0.3) is 0 Å². The fraction of sp³-hybridized carbons (Fsp3) is 0.111. The van der Waals surface area contributed by atoms with E-state index in [9.17, 15) is 0 Å². The average Bonchev–Trinajstić information content (AvgIpc) is 2.03. The molecule has 1 rings (SSSR count). The summed E-state index contributed by atoms with van der Waals surface area (Å²) in [5.41, 5.74) is 1.07. The minimum atomic E-state index is 0.804. The van der Waals surface area contributed by atoms with E-state index in [2.05, 4.69) is 0 Å². The molecule has 0 heterocycles. The lowest BCUT2D eigenvalue weighted by Crippen LogP contribution is -1.71. The van der Waals surface area contributed by atoms with Crippen LogP contribution >= 0.6 is 23.4 Å². The molecule has 2 heteroatoms. The van der Waals surface area contributed by atoms with Gasteiger partial charge in [-0.3, -0.25) is 0 Å². The van der Waals surface area contributed by atoms with Gasteiger partial charge < -0.3 is 0 Å². The molecule has 0 spiro atoms. The lowest BCUT2D eigenvalue weighted by atomic mass is 10.2. The van der Waals surface area contributed by atoms with Crippen LogP contribution in [0.2, 0.25) is 5.02 Å². The fourth-order valence-corrected chi connectivity index (χ4v) is 1.23. The van der Waals surface area contributed by atoms with Gasteiger partial charge in [-0.05, 0) is 29.4 Å². The van der Waals surface area contributed by atoms with Crippen molar-refractivity contribution in [1.29, 1.82) is 0 Å². The molecule has 58 valence electrons. The Hall–Kier alpha value is -0.400. The van der Waals surface area contributed by atoms with Gasteiger partial charge in [0.2, 0.25) is 0 Å². The second-order valence-electron chi connectivity index (χ2n) is 2.06. The van der Waals surface area contributed by atoms with Gasteiger partial charge >= 0.3 is 0 Å². The Bertz CT molecular complexity index is 255. The highest BCUT2D eigenvalue weighted by molar-refractivity contribution is 8.01. The third kappa shape index (κ3) is 2.60. The van der Waals surface area contributed by atoms with Crippen LogP contribution in [0, 0.1) is 0 Å². The first-order valence-corrected chi connectivity index (χ1v) is 4.95. The van der Waals surface area contributed by atoms with E-state index in [-0.39, 0.29) is 0 Å². The van der Waals surface area contributed by atoms with Crippen LogP contribution in [0.25, 0.3) is 6.08 Å². The zero-order valence-corrected chi connectivity index (χ0v) is 7.82. The molecule has 0 aliphatic carbocycles. The first-order valence-electron chi connectivity index (χ1n) is 3.28. The fourth-order valence-electron chi connectivity index (χ4n) is 0.752. The Labute approximate surface area is 76.3 Å². The third-order valence-electron chi connectivity index (χ3n) is 1.29. The van der Waals surface area contributed by atoms with Crippen molar-refractivity contribution in [2.24, 2.45) is 0 Å². The monoisotopic (exact) mass is 184 g/mol. The van der Waals surface area contributed by atoms with E-state index >= 15 is 0 Å². The van der Waals surface area contributed by atoms with Crippen molar-refractivity contribution < 1.29 is 0 Å². The molecule has 0 fully saturated rings. The molecular weight excluding hydrogens is 176 g/mol. The Balaban J connectivity index is 2.86. The number of benzene rings is 1. The smallest absolute Gasteiger partial charge is 0.0478 e. The molecule has 0 bridgehead atoms. The minimum absolute atomic E-state index is 0.804. The number of hydrogen-bond acceptors (Lipinski definition) is 1. The summed E-state index contributed by atoms with van der Waals surface area (Å²) in [4.78, 5) is 0. The average molecular weight is 185 g/mol. The zero-order chi connectivity index (χ0) is 8.10. The van der Waals surface area contributed by atoms with Gasteiger partial charge in [0.15, 0.2) is 0 Å². The predicted molar refractivity (Wildman–Crippen MR) is 54.0 cm³/mol. The first-order chi connectivity index (χ1) is 5.34. The highest BCUT2D eigenvalue weighted by Gasteiger charge is 1.91. The molecule has 0 nitrogen and oxygen atoms in total. The summed E-state index contributed by atoms with van der Waals surface area (Å²) in [5.74, 6) is 0. The van der Waals surface area contributed by atoms with Crippen LogP contribution in [-0.4, -0.2) is 6.26 Å². The Morgan fingerprint density at radius 2 is 2.09 bits per heavy atom. The summed E-state index contributed by atoms with van der Waals surface area (Å²) in [6, 6.07) is 7.79. The van der Waals surface area contributed by atoms with Crippen molar-refractivity contribution in [3.05, 3.63) is 40.3 Å². The molecule has 0 amide bonds. The molecule has 0 radical (unpaired) electrons. The van der Waals surface area contributed by atoms with Gasteiger partial charge in [-0.25, -0.2) is 0 Å². The highest BCUT2D eigenvalue weighted by atomic mass is 35.5. The summed E-state index contributed by atoms with van der Waals surface area (Å²) in [6.07, 6.45) is 4.03. The van der Waals surface area contributed by atoms with Gasteiger partial charge in [0.05, 0.1) is 0 Å². The summed E-state index contributed by atoms with van der Waals surface area (Å²) in [6.45, 7) is 0. The number of thioether (sulfide) groups is 1. The summed E-state index contributed by atoms with van der Waals surface area (Å²) in [7, 11) is 0. The van der Waals surface area contributed by atoms with Gasteiger partial charge in [-0.15, -0.1) is 11.8 Å². The Morgan fingerprint density at radius 3 is 2.73 bits per heavy atom. The first kappa shape index (κ1) is 8.69. The zero-order valence-electron chi connectivity index (χ0n) is 6.25. The van der Waals surface area contributed by atoms with Crippen LogP contribution in [0.4, 0.5) is 0 Å². The molecule has 11 heavy (non-hydrogen) atoms. The standard InChI is InChI=1S/C9H9ClS/c1-11-7-6-8-4-2-3-5-9(8)10/h2-7H,1H3/b7-6+. The van der Waals surface area contributed by atoms with Gasteiger partial charge in [-0.1, -0.05) is 29.8 Å². The van der Waals surface area contributed by atoms with Crippen molar-refractivity contribution in [1.82, 2.24) is 0 Å². The molecular formula is C9H9ClS. The maximum absolute atomic E-state index is 5.90. The summed E-state index contributed by atoms with van der Waals surface area (Å²) in [5, 5.41) is 2.82. The summed E-state index contributed by atoms with van der Waals surface area (Å²) < 4.78 is 0. The topological polar surface area (TPSA) is 0 Å². The number of rotatable bonds is 2. The lowest BCUT2D eigenvalue weighted by Gasteiger charge is -1.94. The minimum Gasteiger partial charge on any atom is -0.138 e. The number of hydrogen-bond donors (Lipinski definition) is 0. The Morgan fingerprint density at radius 1 is 1.36 bits per heavy atom. The molecule has 0 aliphatic rings. The third-order valence-corrected chi connectivity index (χ3v) is 2.04. The highest BCUT2D eigenvalue weighted by Crippen LogP contribution is 2.17. The predicted octanol–water partition coefficient (Wildman–Crippen LogP) is 3.67. The second kappa shape index (κ2) is 4.47.